The molecule has 18 heavy (non-hydrogen) atoms. The molecule has 1 aromatic rings. The van der Waals surface area contributed by atoms with Crippen LogP contribution in [-0.4, -0.2) is 25.7 Å². The molecule has 2 rings (SSSR count). The van der Waals surface area contributed by atoms with Gasteiger partial charge in [-0.05, 0) is 18.2 Å². The van der Waals surface area contributed by atoms with Crippen LogP contribution >= 0.6 is 0 Å². The maximum atomic E-state index is 12.5. The van der Waals surface area contributed by atoms with E-state index in [9.17, 15) is 18.0 Å². The number of carbonyl (C=O) groups excluding carboxylic acids is 1. The number of alkyl halides is 3. The molecule has 7 heteroatoms. The highest BCUT2D eigenvalue weighted by Gasteiger charge is 2.33. The van der Waals surface area contributed by atoms with Gasteiger partial charge in [-0.3, -0.25) is 4.79 Å². The van der Waals surface area contributed by atoms with Gasteiger partial charge in [-0.25, -0.2) is 0 Å². The Balaban J connectivity index is 2.29. The fourth-order valence-corrected chi connectivity index (χ4v) is 1.71. The predicted molar refractivity (Wildman–Crippen MR) is 59.4 cm³/mol. The normalized spacial score (nSPS) is 18.9. The number of carbonyl (C=O) groups is 1. The van der Waals surface area contributed by atoms with E-state index in [0.29, 0.717) is 5.69 Å². The van der Waals surface area contributed by atoms with Crippen LogP contribution in [0.3, 0.4) is 0 Å². The van der Waals surface area contributed by atoms with E-state index >= 15 is 0 Å². The number of nitrogens with one attached hydrogen (secondary N) is 2. The third-order valence-corrected chi connectivity index (χ3v) is 2.58. The number of halogens is 3. The summed E-state index contributed by atoms with van der Waals surface area (Å²) in [6.45, 7) is 0.145. The molecule has 1 heterocycles. The van der Waals surface area contributed by atoms with Gasteiger partial charge in [0.2, 0.25) is 5.91 Å². The van der Waals surface area contributed by atoms with Crippen molar-refractivity contribution in [2.75, 3.05) is 24.4 Å². The first-order chi connectivity index (χ1) is 8.41. The van der Waals surface area contributed by atoms with Gasteiger partial charge in [0.1, 0.15) is 6.04 Å². The standard InChI is InChI=1S/C11H11F3N2O2/c1-18-5-9-10(17)16-8-4-6(11(12,13)14)2-3-7(8)15-9/h2-4,9,15H,5H2,1H3,(H,16,17). The summed E-state index contributed by atoms with van der Waals surface area (Å²) in [6, 6.07) is 2.57. The van der Waals surface area contributed by atoms with Gasteiger partial charge in [0.15, 0.2) is 0 Å². The number of fused-ring (bicyclic) bond motifs is 1. The van der Waals surface area contributed by atoms with Gasteiger partial charge in [0.25, 0.3) is 0 Å². The number of anilines is 2. The average molecular weight is 260 g/mol. The molecule has 1 aromatic carbocycles. The molecule has 0 fully saturated rings. The lowest BCUT2D eigenvalue weighted by Crippen LogP contribution is -2.41. The van der Waals surface area contributed by atoms with Crippen molar-refractivity contribution in [2.24, 2.45) is 0 Å². The summed E-state index contributed by atoms with van der Waals surface area (Å²) >= 11 is 0. The van der Waals surface area contributed by atoms with E-state index in [4.69, 9.17) is 4.74 Å². The van der Waals surface area contributed by atoms with Crippen molar-refractivity contribution in [1.29, 1.82) is 0 Å². The van der Waals surface area contributed by atoms with Gasteiger partial charge in [0, 0.05) is 7.11 Å². The summed E-state index contributed by atoms with van der Waals surface area (Å²) < 4.78 is 42.3. The fourth-order valence-electron chi connectivity index (χ4n) is 1.71. The quantitative estimate of drug-likeness (QED) is 0.856. The third-order valence-electron chi connectivity index (χ3n) is 2.58. The van der Waals surface area contributed by atoms with Crippen LogP contribution in [0.5, 0.6) is 0 Å². The number of hydrogen-bond acceptors (Lipinski definition) is 3. The third kappa shape index (κ3) is 2.40. The van der Waals surface area contributed by atoms with E-state index in [2.05, 4.69) is 10.6 Å². The minimum atomic E-state index is -4.43. The second-order valence-electron chi connectivity index (χ2n) is 3.90. The number of methoxy groups -OCH3 is 1. The zero-order valence-corrected chi connectivity index (χ0v) is 9.47. The Morgan fingerprint density at radius 1 is 1.33 bits per heavy atom. The molecule has 1 aliphatic heterocycles. The lowest BCUT2D eigenvalue weighted by molar-refractivity contribution is -0.137. The molecule has 0 saturated heterocycles. The van der Waals surface area contributed by atoms with Crippen molar-refractivity contribution in [1.82, 2.24) is 0 Å². The number of hydrogen-bond donors (Lipinski definition) is 2. The van der Waals surface area contributed by atoms with E-state index in [1.54, 1.807) is 0 Å². The van der Waals surface area contributed by atoms with E-state index in [1.165, 1.54) is 13.2 Å². The number of amides is 1. The van der Waals surface area contributed by atoms with Crippen LogP contribution in [0.25, 0.3) is 0 Å². The van der Waals surface area contributed by atoms with Gasteiger partial charge < -0.3 is 15.4 Å². The molecule has 0 bridgehead atoms. The van der Waals surface area contributed by atoms with Crippen molar-refractivity contribution in [3.05, 3.63) is 23.8 Å². The van der Waals surface area contributed by atoms with Gasteiger partial charge >= 0.3 is 6.18 Å². The summed E-state index contributed by atoms with van der Waals surface area (Å²) in [7, 11) is 1.44. The molecule has 1 unspecified atom stereocenters. The first kappa shape index (κ1) is 12.7. The summed E-state index contributed by atoms with van der Waals surface area (Å²) in [6.07, 6.45) is -4.43. The minimum absolute atomic E-state index is 0.127. The number of benzene rings is 1. The molecule has 0 radical (unpaired) electrons. The Morgan fingerprint density at radius 2 is 2.06 bits per heavy atom. The van der Waals surface area contributed by atoms with Crippen LogP contribution in [0, 0.1) is 0 Å². The molecule has 4 nitrogen and oxygen atoms in total. The second kappa shape index (κ2) is 4.49. The van der Waals surface area contributed by atoms with Crippen molar-refractivity contribution < 1.29 is 22.7 Å². The van der Waals surface area contributed by atoms with Gasteiger partial charge in [-0.2, -0.15) is 13.2 Å². The molecule has 2 N–H and O–H groups in total. The molecule has 98 valence electrons. The zero-order valence-electron chi connectivity index (χ0n) is 9.47. The van der Waals surface area contributed by atoms with Crippen LogP contribution in [0.4, 0.5) is 24.5 Å². The Labute approximate surface area is 101 Å². The van der Waals surface area contributed by atoms with Gasteiger partial charge in [-0.15, -0.1) is 0 Å². The Bertz CT molecular complexity index is 474. The van der Waals surface area contributed by atoms with E-state index < -0.39 is 23.7 Å². The van der Waals surface area contributed by atoms with E-state index in [0.717, 1.165) is 12.1 Å². The van der Waals surface area contributed by atoms with Gasteiger partial charge in [-0.1, -0.05) is 0 Å². The lowest BCUT2D eigenvalue weighted by Gasteiger charge is -2.26. The van der Waals surface area contributed by atoms with Crippen LogP contribution < -0.4 is 10.6 Å². The number of ether oxygens (including phenoxy) is 1. The molecule has 0 aliphatic carbocycles. The molecule has 1 amide bonds. The summed E-state index contributed by atoms with van der Waals surface area (Å²) in [5.74, 6) is -0.413. The first-order valence-electron chi connectivity index (χ1n) is 5.19. The lowest BCUT2D eigenvalue weighted by atomic mass is 10.1. The Hall–Kier alpha value is -1.76. The molecule has 1 atom stereocenters. The minimum Gasteiger partial charge on any atom is -0.382 e. The van der Waals surface area contributed by atoms with Crippen LogP contribution in [0.2, 0.25) is 0 Å². The SMILES string of the molecule is COCC1Nc2ccc(C(F)(F)F)cc2NC1=O. The maximum absolute atomic E-state index is 12.5. The summed E-state index contributed by atoms with van der Waals surface area (Å²) in [4.78, 5) is 11.6. The molecule has 0 saturated carbocycles. The van der Waals surface area contributed by atoms with Crippen molar-refractivity contribution >= 4 is 17.3 Å². The van der Waals surface area contributed by atoms with E-state index in [-0.39, 0.29) is 12.3 Å². The van der Waals surface area contributed by atoms with Crippen LogP contribution in [0.15, 0.2) is 18.2 Å². The molecule has 0 spiro atoms. The van der Waals surface area contributed by atoms with Crippen molar-refractivity contribution in [2.45, 2.75) is 12.2 Å². The van der Waals surface area contributed by atoms with Crippen LogP contribution in [-0.2, 0) is 15.7 Å². The summed E-state index contributed by atoms with van der Waals surface area (Å²) in [5.41, 5.74) is -0.222. The monoisotopic (exact) mass is 260 g/mol. The highest BCUT2D eigenvalue weighted by atomic mass is 19.4. The predicted octanol–water partition coefficient (Wildman–Crippen LogP) is 2.08. The largest absolute Gasteiger partial charge is 0.416 e. The Kier molecular flexibility index (Phi) is 3.16. The topological polar surface area (TPSA) is 50.4 Å². The second-order valence-corrected chi connectivity index (χ2v) is 3.90. The summed E-state index contributed by atoms with van der Waals surface area (Å²) in [5, 5.41) is 5.25. The maximum Gasteiger partial charge on any atom is 0.416 e. The van der Waals surface area contributed by atoms with Crippen LogP contribution in [0.1, 0.15) is 5.56 Å². The van der Waals surface area contributed by atoms with Gasteiger partial charge in [0.05, 0.1) is 23.5 Å². The first-order valence-corrected chi connectivity index (χ1v) is 5.19. The van der Waals surface area contributed by atoms with Crippen molar-refractivity contribution in [3.63, 3.8) is 0 Å². The molecule has 0 aromatic heterocycles. The average Bonchev–Trinajstić information content (AvgIpc) is 2.28. The Morgan fingerprint density at radius 3 is 2.67 bits per heavy atom. The highest BCUT2D eigenvalue weighted by molar-refractivity contribution is 6.03. The number of rotatable bonds is 2. The fraction of sp³-hybridized carbons (Fsp3) is 0.364. The molecule has 1 aliphatic rings. The van der Waals surface area contributed by atoms with E-state index in [1.807, 2.05) is 0 Å². The smallest absolute Gasteiger partial charge is 0.382 e. The molecular formula is C11H11F3N2O2. The molecular weight excluding hydrogens is 249 g/mol. The highest BCUT2D eigenvalue weighted by Crippen LogP contribution is 2.35. The zero-order chi connectivity index (χ0) is 13.3. The van der Waals surface area contributed by atoms with Crippen molar-refractivity contribution in [3.8, 4) is 0 Å².